The van der Waals surface area contributed by atoms with Crippen LogP contribution in [0.2, 0.25) is 0 Å². The van der Waals surface area contributed by atoms with Crippen molar-refractivity contribution in [2.45, 2.75) is 32.7 Å². The first-order valence-electron chi connectivity index (χ1n) is 7.29. The van der Waals surface area contributed by atoms with Gasteiger partial charge in [-0.2, -0.15) is 0 Å². The quantitative estimate of drug-likeness (QED) is 0.815. The highest BCUT2D eigenvalue weighted by Crippen LogP contribution is 2.10. The van der Waals surface area contributed by atoms with Crippen molar-refractivity contribution in [1.82, 2.24) is 20.2 Å². The van der Waals surface area contributed by atoms with E-state index in [1.165, 1.54) is 19.0 Å². The largest absolute Gasteiger partial charge is 0.369 e. The minimum Gasteiger partial charge on any atom is -0.369 e. The molecule has 2 heterocycles. The van der Waals surface area contributed by atoms with Gasteiger partial charge in [-0.3, -0.25) is 14.7 Å². The number of aromatic nitrogens is 2. The van der Waals surface area contributed by atoms with Gasteiger partial charge in [0.2, 0.25) is 0 Å². The van der Waals surface area contributed by atoms with Gasteiger partial charge >= 0.3 is 0 Å². The Balaban J connectivity index is 1.86. The molecule has 20 heavy (non-hydrogen) atoms. The van der Waals surface area contributed by atoms with Gasteiger partial charge < -0.3 is 10.6 Å². The molecule has 1 atom stereocenters. The Labute approximate surface area is 120 Å². The summed E-state index contributed by atoms with van der Waals surface area (Å²) in [5, 5.41) is 5.98. The number of likely N-dealkylation sites (tertiary alicyclic amines) is 1. The Kier molecular flexibility index (Phi) is 5.29. The number of carbonyl (C=O) groups is 1. The zero-order chi connectivity index (χ0) is 14.4. The number of amides is 1. The number of anilines is 1. The Bertz CT molecular complexity index is 445. The summed E-state index contributed by atoms with van der Waals surface area (Å²) in [6.45, 7) is 7.79. The van der Waals surface area contributed by atoms with Gasteiger partial charge in [-0.05, 0) is 39.8 Å². The van der Waals surface area contributed by atoms with Crippen LogP contribution in [0.15, 0.2) is 12.4 Å². The standard InChI is InChI=1S/C14H23N5O/c1-3-16-13-10-15-9-12(18-13)14(20)17-8-11(2)19-6-4-5-7-19/h9-11H,3-8H2,1-2H3,(H,16,18)(H,17,20). The van der Waals surface area contributed by atoms with Crippen molar-refractivity contribution in [2.75, 3.05) is 31.5 Å². The van der Waals surface area contributed by atoms with Crippen LogP contribution in [0.5, 0.6) is 0 Å². The molecule has 0 radical (unpaired) electrons. The van der Waals surface area contributed by atoms with Gasteiger partial charge in [0.25, 0.3) is 5.91 Å². The predicted molar refractivity (Wildman–Crippen MR) is 78.8 cm³/mol. The monoisotopic (exact) mass is 277 g/mol. The number of hydrogen-bond acceptors (Lipinski definition) is 5. The highest BCUT2D eigenvalue weighted by molar-refractivity contribution is 5.92. The molecular formula is C14H23N5O. The zero-order valence-electron chi connectivity index (χ0n) is 12.2. The molecule has 6 heteroatoms. The molecule has 1 aromatic heterocycles. The molecule has 110 valence electrons. The van der Waals surface area contributed by atoms with E-state index in [0.717, 1.165) is 19.6 Å². The second kappa shape index (κ2) is 7.19. The Morgan fingerprint density at radius 2 is 2.15 bits per heavy atom. The maximum Gasteiger partial charge on any atom is 0.271 e. The minimum absolute atomic E-state index is 0.164. The fourth-order valence-corrected chi connectivity index (χ4v) is 2.38. The van der Waals surface area contributed by atoms with Crippen LogP contribution >= 0.6 is 0 Å². The number of rotatable bonds is 6. The third-order valence-electron chi connectivity index (χ3n) is 3.55. The molecule has 6 nitrogen and oxygen atoms in total. The van der Waals surface area contributed by atoms with Gasteiger partial charge in [0, 0.05) is 19.1 Å². The van der Waals surface area contributed by atoms with Crippen LogP contribution in [0.3, 0.4) is 0 Å². The van der Waals surface area contributed by atoms with Crippen LogP contribution in [0, 0.1) is 0 Å². The van der Waals surface area contributed by atoms with Gasteiger partial charge in [-0.15, -0.1) is 0 Å². The number of hydrogen-bond donors (Lipinski definition) is 2. The van der Waals surface area contributed by atoms with Crippen LogP contribution in [-0.2, 0) is 0 Å². The molecule has 1 saturated heterocycles. The topological polar surface area (TPSA) is 70.2 Å². The summed E-state index contributed by atoms with van der Waals surface area (Å²) in [6, 6.07) is 0.367. The van der Waals surface area contributed by atoms with Crippen molar-refractivity contribution in [1.29, 1.82) is 0 Å². The summed E-state index contributed by atoms with van der Waals surface area (Å²) >= 11 is 0. The van der Waals surface area contributed by atoms with Gasteiger partial charge in [0.05, 0.1) is 12.4 Å². The molecule has 0 spiro atoms. The third kappa shape index (κ3) is 3.90. The van der Waals surface area contributed by atoms with Gasteiger partial charge in [-0.25, -0.2) is 4.98 Å². The molecule has 2 N–H and O–H groups in total. The number of nitrogens with zero attached hydrogens (tertiary/aromatic N) is 3. The molecule has 1 aromatic rings. The average molecular weight is 277 g/mol. The lowest BCUT2D eigenvalue weighted by Gasteiger charge is -2.23. The zero-order valence-corrected chi connectivity index (χ0v) is 12.2. The maximum absolute atomic E-state index is 12.1. The van der Waals surface area contributed by atoms with Gasteiger partial charge in [0.15, 0.2) is 0 Å². The SMILES string of the molecule is CCNc1cncc(C(=O)NCC(C)N2CCCC2)n1. The first kappa shape index (κ1) is 14.7. The lowest BCUT2D eigenvalue weighted by Crippen LogP contribution is -2.40. The third-order valence-corrected chi connectivity index (χ3v) is 3.55. The predicted octanol–water partition coefficient (Wildman–Crippen LogP) is 1.12. The summed E-state index contributed by atoms with van der Waals surface area (Å²) in [5.41, 5.74) is 0.358. The summed E-state index contributed by atoms with van der Waals surface area (Å²) in [4.78, 5) is 22.7. The van der Waals surface area contributed by atoms with Crippen molar-refractivity contribution >= 4 is 11.7 Å². The Morgan fingerprint density at radius 1 is 1.40 bits per heavy atom. The molecule has 1 unspecified atom stereocenters. The fraction of sp³-hybridized carbons (Fsp3) is 0.643. The van der Waals surface area contributed by atoms with Crippen molar-refractivity contribution in [3.05, 3.63) is 18.1 Å². The van der Waals surface area contributed by atoms with Crippen molar-refractivity contribution < 1.29 is 4.79 Å². The highest BCUT2D eigenvalue weighted by Gasteiger charge is 2.19. The van der Waals surface area contributed by atoms with Gasteiger partial charge in [-0.1, -0.05) is 0 Å². The normalized spacial score (nSPS) is 16.9. The molecule has 0 aliphatic carbocycles. The molecular weight excluding hydrogens is 254 g/mol. The fourth-order valence-electron chi connectivity index (χ4n) is 2.38. The highest BCUT2D eigenvalue weighted by atomic mass is 16.1. The van der Waals surface area contributed by atoms with E-state index in [4.69, 9.17) is 0 Å². The van der Waals surface area contributed by atoms with Gasteiger partial charge in [0.1, 0.15) is 11.5 Å². The summed E-state index contributed by atoms with van der Waals surface area (Å²) in [6.07, 6.45) is 5.63. The summed E-state index contributed by atoms with van der Waals surface area (Å²) < 4.78 is 0. The van der Waals surface area contributed by atoms with E-state index in [9.17, 15) is 4.79 Å². The van der Waals surface area contributed by atoms with Crippen molar-refractivity contribution in [3.8, 4) is 0 Å². The minimum atomic E-state index is -0.164. The molecule has 1 fully saturated rings. The number of nitrogens with one attached hydrogen (secondary N) is 2. The average Bonchev–Trinajstić information content (AvgIpc) is 2.99. The second-order valence-corrected chi connectivity index (χ2v) is 5.12. The molecule has 2 rings (SSSR count). The lowest BCUT2D eigenvalue weighted by atomic mass is 10.3. The smallest absolute Gasteiger partial charge is 0.271 e. The Morgan fingerprint density at radius 3 is 2.85 bits per heavy atom. The first-order valence-corrected chi connectivity index (χ1v) is 7.29. The lowest BCUT2D eigenvalue weighted by molar-refractivity contribution is 0.0935. The van der Waals surface area contributed by atoms with E-state index in [1.54, 1.807) is 6.20 Å². The molecule has 0 saturated carbocycles. The van der Waals surface area contributed by atoms with Crippen LogP contribution in [0.4, 0.5) is 5.82 Å². The Hall–Kier alpha value is -1.69. The van der Waals surface area contributed by atoms with Crippen LogP contribution in [0.25, 0.3) is 0 Å². The van der Waals surface area contributed by atoms with Crippen molar-refractivity contribution in [2.24, 2.45) is 0 Å². The van der Waals surface area contributed by atoms with E-state index < -0.39 is 0 Å². The first-order chi connectivity index (χ1) is 9.70. The second-order valence-electron chi connectivity index (χ2n) is 5.12. The van der Waals surface area contributed by atoms with E-state index in [0.29, 0.717) is 24.1 Å². The van der Waals surface area contributed by atoms with E-state index in [2.05, 4.69) is 32.4 Å². The number of carbonyl (C=O) groups excluding carboxylic acids is 1. The van der Waals surface area contributed by atoms with Crippen LogP contribution < -0.4 is 10.6 Å². The molecule has 1 aliphatic rings. The van der Waals surface area contributed by atoms with E-state index in [-0.39, 0.29) is 5.91 Å². The summed E-state index contributed by atoms with van der Waals surface area (Å²) in [7, 11) is 0. The maximum atomic E-state index is 12.1. The molecule has 1 aliphatic heterocycles. The molecule has 1 amide bonds. The van der Waals surface area contributed by atoms with Crippen molar-refractivity contribution in [3.63, 3.8) is 0 Å². The summed E-state index contributed by atoms with van der Waals surface area (Å²) in [5.74, 6) is 0.469. The molecule has 0 bridgehead atoms. The van der Waals surface area contributed by atoms with E-state index >= 15 is 0 Å². The molecule has 0 aromatic carbocycles. The van der Waals surface area contributed by atoms with E-state index in [1.807, 2.05) is 6.92 Å². The van der Waals surface area contributed by atoms with Crippen LogP contribution in [-0.4, -0.2) is 53.0 Å². The van der Waals surface area contributed by atoms with Crippen LogP contribution in [0.1, 0.15) is 37.2 Å².